The summed E-state index contributed by atoms with van der Waals surface area (Å²) >= 11 is 1.66. The van der Waals surface area contributed by atoms with Crippen molar-refractivity contribution < 1.29 is 4.74 Å². The zero-order chi connectivity index (χ0) is 13.3. The highest BCUT2D eigenvalue weighted by atomic mass is 32.1. The van der Waals surface area contributed by atoms with Crippen molar-refractivity contribution in [2.45, 2.75) is 38.2 Å². The predicted octanol–water partition coefficient (Wildman–Crippen LogP) is 3.54. The quantitative estimate of drug-likeness (QED) is 0.928. The molecule has 1 saturated carbocycles. The van der Waals surface area contributed by atoms with Gasteiger partial charge in [-0.15, -0.1) is 11.3 Å². The average Bonchev–Trinajstić information content (AvgIpc) is 3.08. The molecule has 0 saturated heterocycles. The van der Waals surface area contributed by atoms with Gasteiger partial charge in [0.1, 0.15) is 16.2 Å². The summed E-state index contributed by atoms with van der Waals surface area (Å²) in [5, 5.41) is 6.52. The number of nitrogens with zero attached hydrogens (tertiary/aromatic N) is 2. The van der Waals surface area contributed by atoms with Gasteiger partial charge in [0, 0.05) is 13.7 Å². The molecule has 19 heavy (non-hydrogen) atoms. The first-order valence-electron chi connectivity index (χ1n) is 6.84. The van der Waals surface area contributed by atoms with Gasteiger partial charge in [-0.1, -0.05) is 0 Å². The van der Waals surface area contributed by atoms with Gasteiger partial charge in [-0.2, -0.15) is 0 Å². The number of rotatable bonds is 4. The topological polar surface area (TPSA) is 47.0 Å². The van der Waals surface area contributed by atoms with E-state index in [0.29, 0.717) is 0 Å². The zero-order valence-corrected chi connectivity index (χ0v) is 12.2. The van der Waals surface area contributed by atoms with Gasteiger partial charge in [-0.05, 0) is 44.1 Å². The summed E-state index contributed by atoms with van der Waals surface area (Å²) in [6, 6.07) is 2.08. The monoisotopic (exact) mass is 277 g/mol. The Labute approximate surface area is 117 Å². The van der Waals surface area contributed by atoms with Crippen molar-refractivity contribution in [3.8, 4) is 0 Å². The zero-order valence-electron chi connectivity index (χ0n) is 11.4. The molecule has 0 radical (unpaired) electrons. The van der Waals surface area contributed by atoms with Crippen LogP contribution in [0.5, 0.6) is 0 Å². The maximum absolute atomic E-state index is 5.80. The number of hydrogen-bond acceptors (Lipinski definition) is 5. The van der Waals surface area contributed by atoms with Crippen LogP contribution in [0, 0.1) is 0 Å². The van der Waals surface area contributed by atoms with E-state index in [4.69, 9.17) is 14.7 Å². The van der Waals surface area contributed by atoms with Crippen LogP contribution in [0.4, 0.5) is 5.82 Å². The van der Waals surface area contributed by atoms with E-state index < -0.39 is 0 Å². The molecule has 2 heterocycles. The molecule has 3 rings (SSSR count). The lowest BCUT2D eigenvalue weighted by Gasteiger charge is -2.26. The normalized spacial score (nSPS) is 18.0. The Kier molecular flexibility index (Phi) is 3.41. The van der Waals surface area contributed by atoms with Crippen molar-refractivity contribution in [1.82, 2.24) is 9.97 Å². The minimum absolute atomic E-state index is 0.275. The van der Waals surface area contributed by atoms with Crippen LogP contribution in [-0.4, -0.2) is 23.6 Å². The van der Waals surface area contributed by atoms with Crippen molar-refractivity contribution >= 4 is 27.4 Å². The largest absolute Gasteiger partial charge is 0.370 e. The summed E-state index contributed by atoms with van der Waals surface area (Å²) in [4.78, 5) is 10.5. The maximum Gasteiger partial charge on any atom is 0.164 e. The van der Waals surface area contributed by atoms with Crippen LogP contribution >= 0.6 is 11.3 Å². The molecule has 2 aromatic heterocycles. The molecule has 0 amide bonds. The molecule has 2 aromatic rings. The van der Waals surface area contributed by atoms with Gasteiger partial charge in [0.2, 0.25) is 0 Å². The summed E-state index contributed by atoms with van der Waals surface area (Å²) < 4.78 is 5.80. The molecule has 0 aliphatic heterocycles. The number of aromatic nitrogens is 2. The standard InChI is InChI=1S/C14H19N3OS/c1-3-15-11-10-6-9-19-12(10)17-13(16-11)14(18-2)7-4-5-8-14/h6,9H,3-5,7-8H2,1-2H3,(H,15,16,17). The first-order chi connectivity index (χ1) is 9.29. The highest BCUT2D eigenvalue weighted by Gasteiger charge is 2.39. The van der Waals surface area contributed by atoms with Gasteiger partial charge in [0.05, 0.1) is 5.39 Å². The van der Waals surface area contributed by atoms with Crippen LogP contribution in [0.3, 0.4) is 0 Å². The lowest BCUT2D eigenvalue weighted by atomic mass is 10.0. The fraction of sp³-hybridized carbons (Fsp3) is 0.571. The lowest BCUT2D eigenvalue weighted by molar-refractivity contribution is -0.0158. The van der Waals surface area contributed by atoms with E-state index in [1.807, 2.05) is 0 Å². The van der Waals surface area contributed by atoms with Gasteiger partial charge in [-0.3, -0.25) is 0 Å². The molecule has 1 aliphatic rings. The summed E-state index contributed by atoms with van der Waals surface area (Å²) in [5.74, 6) is 1.78. The molecule has 5 heteroatoms. The fourth-order valence-corrected chi connectivity index (χ4v) is 3.59. The molecule has 0 atom stereocenters. The molecule has 0 spiro atoms. The molecule has 1 fully saturated rings. The van der Waals surface area contributed by atoms with Gasteiger partial charge >= 0.3 is 0 Å². The van der Waals surface area contributed by atoms with Gasteiger partial charge in [0.25, 0.3) is 0 Å². The Bertz CT molecular complexity index is 575. The van der Waals surface area contributed by atoms with Crippen LogP contribution in [-0.2, 0) is 10.3 Å². The van der Waals surface area contributed by atoms with Crippen LogP contribution in [0.15, 0.2) is 11.4 Å². The third-order valence-corrected chi connectivity index (χ3v) is 4.69. The number of hydrogen-bond donors (Lipinski definition) is 1. The van der Waals surface area contributed by atoms with E-state index in [-0.39, 0.29) is 5.60 Å². The van der Waals surface area contributed by atoms with Crippen molar-refractivity contribution in [3.05, 3.63) is 17.3 Å². The van der Waals surface area contributed by atoms with Crippen LogP contribution < -0.4 is 5.32 Å². The molecular weight excluding hydrogens is 258 g/mol. The SMILES string of the molecule is CCNc1nc(C2(OC)CCCC2)nc2sccc12. The number of anilines is 1. The smallest absolute Gasteiger partial charge is 0.164 e. The lowest BCUT2D eigenvalue weighted by Crippen LogP contribution is -2.27. The number of fused-ring (bicyclic) bond motifs is 1. The second kappa shape index (κ2) is 5.06. The molecule has 0 bridgehead atoms. The van der Waals surface area contributed by atoms with E-state index in [0.717, 1.165) is 41.2 Å². The highest BCUT2D eigenvalue weighted by molar-refractivity contribution is 7.16. The molecule has 1 aliphatic carbocycles. The summed E-state index contributed by atoms with van der Waals surface area (Å²) in [6.45, 7) is 2.95. The first kappa shape index (κ1) is 12.8. The van der Waals surface area contributed by atoms with Crippen molar-refractivity contribution in [2.24, 2.45) is 0 Å². The molecule has 0 aromatic carbocycles. The summed E-state index contributed by atoms with van der Waals surface area (Å²) in [7, 11) is 1.78. The minimum atomic E-state index is -0.275. The van der Waals surface area contributed by atoms with E-state index in [1.54, 1.807) is 18.4 Å². The van der Waals surface area contributed by atoms with Crippen LogP contribution in [0.2, 0.25) is 0 Å². The third kappa shape index (κ3) is 2.11. The van der Waals surface area contributed by atoms with E-state index in [1.165, 1.54) is 12.8 Å². The Hall–Kier alpha value is -1.20. The minimum Gasteiger partial charge on any atom is -0.370 e. The number of methoxy groups -OCH3 is 1. The summed E-state index contributed by atoms with van der Waals surface area (Å²) in [6.07, 6.45) is 4.42. The maximum atomic E-state index is 5.80. The predicted molar refractivity (Wildman–Crippen MR) is 78.7 cm³/mol. The Morgan fingerprint density at radius 2 is 2.16 bits per heavy atom. The van der Waals surface area contributed by atoms with E-state index in [2.05, 4.69) is 23.7 Å². The number of ether oxygens (including phenoxy) is 1. The Morgan fingerprint density at radius 3 is 2.84 bits per heavy atom. The van der Waals surface area contributed by atoms with Crippen molar-refractivity contribution in [2.75, 3.05) is 19.0 Å². The van der Waals surface area contributed by atoms with Crippen LogP contribution in [0.25, 0.3) is 10.2 Å². The Balaban J connectivity index is 2.12. The molecule has 1 N–H and O–H groups in total. The van der Waals surface area contributed by atoms with Gasteiger partial charge < -0.3 is 10.1 Å². The highest BCUT2D eigenvalue weighted by Crippen LogP contribution is 2.41. The first-order valence-corrected chi connectivity index (χ1v) is 7.72. The number of nitrogens with one attached hydrogen (secondary N) is 1. The van der Waals surface area contributed by atoms with Crippen molar-refractivity contribution in [1.29, 1.82) is 0 Å². The van der Waals surface area contributed by atoms with Gasteiger partial charge in [-0.25, -0.2) is 9.97 Å². The van der Waals surface area contributed by atoms with E-state index in [9.17, 15) is 0 Å². The third-order valence-electron chi connectivity index (χ3n) is 3.88. The second-order valence-corrected chi connectivity index (χ2v) is 5.87. The molecular formula is C14H19N3OS. The molecule has 0 unspecified atom stereocenters. The average molecular weight is 277 g/mol. The van der Waals surface area contributed by atoms with Gasteiger partial charge in [0.15, 0.2) is 5.82 Å². The molecule has 4 nitrogen and oxygen atoms in total. The second-order valence-electron chi connectivity index (χ2n) is 4.97. The Morgan fingerprint density at radius 1 is 1.37 bits per heavy atom. The number of thiophene rings is 1. The fourth-order valence-electron chi connectivity index (χ4n) is 2.83. The van der Waals surface area contributed by atoms with E-state index >= 15 is 0 Å². The van der Waals surface area contributed by atoms with Crippen molar-refractivity contribution in [3.63, 3.8) is 0 Å². The summed E-state index contributed by atoms with van der Waals surface area (Å²) in [5.41, 5.74) is -0.275. The molecule has 102 valence electrons. The van der Waals surface area contributed by atoms with Crippen LogP contribution in [0.1, 0.15) is 38.4 Å².